The number of hydrogen-bond donors (Lipinski definition) is 1. The molecule has 0 aromatic carbocycles. The van der Waals surface area contributed by atoms with Gasteiger partial charge in [0.05, 0.1) is 6.61 Å². The van der Waals surface area contributed by atoms with Crippen molar-refractivity contribution in [2.45, 2.75) is 24.7 Å². The second kappa shape index (κ2) is 16.6. The maximum absolute atomic E-state index is 12.1. The fourth-order valence-corrected chi connectivity index (χ4v) is 2.52. The number of aliphatic hydroxyl groups excluding tert-OH is 1. The Balaban J connectivity index is 6.48. The van der Waals surface area contributed by atoms with Gasteiger partial charge in [-0.05, 0) is 6.42 Å². The van der Waals surface area contributed by atoms with E-state index in [0.717, 1.165) is 30.4 Å². The Morgan fingerprint density at radius 1 is 0.618 bits per heavy atom. The Bertz CT molecular complexity index is 799. The average Bonchev–Trinajstić information content (AvgIpc) is 2.85. The predicted molar refractivity (Wildman–Crippen MR) is 118 cm³/mol. The zero-order valence-electron chi connectivity index (χ0n) is 18.6. The Kier molecular flexibility index (Phi) is 14.7. The second-order valence-corrected chi connectivity index (χ2v) is 6.33. The van der Waals surface area contributed by atoms with Crippen molar-refractivity contribution in [2.24, 2.45) is 5.92 Å². The van der Waals surface area contributed by atoms with Gasteiger partial charge in [-0.15, -0.1) is 0 Å². The van der Waals surface area contributed by atoms with E-state index in [0.29, 0.717) is 0 Å². The van der Waals surface area contributed by atoms with Gasteiger partial charge >= 0.3 is 29.8 Å². The van der Waals surface area contributed by atoms with Gasteiger partial charge in [0.25, 0.3) is 0 Å². The summed E-state index contributed by atoms with van der Waals surface area (Å²) in [5.74, 6) is -5.65. The van der Waals surface area contributed by atoms with Crippen molar-refractivity contribution in [1.82, 2.24) is 0 Å². The third kappa shape index (κ3) is 11.0. The minimum atomic E-state index is -1.62. The molecule has 0 amide bonds. The van der Waals surface area contributed by atoms with Crippen LogP contribution < -0.4 is 0 Å². The van der Waals surface area contributed by atoms with Crippen LogP contribution in [-0.4, -0.2) is 73.1 Å². The van der Waals surface area contributed by atoms with Gasteiger partial charge in [0.15, 0.2) is 12.2 Å². The van der Waals surface area contributed by atoms with Gasteiger partial charge < -0.3 is 28.8 Å². The number of esters is 5. The van der Waals surface area contributed by atoms with Crippen LogP contribution in [0.25, 0.3) is 0 Å². The molecule has 11 nitrogen and oxygen atoms in total. The normalized spacial score (nSPS) is 13.4. The van der Waals surface area contributed by atoms with Crippen LogP contribution in [0.3, 0.4) is 0 Å². The van der Waals surface area contributed by atoms with Gasteiger partial charge in [0.1, 0.15) is 12.7 Å². The van der Waals surface area contributed by atoms with E-state index in [-0.39, 0.29) is 6.42 Å². The van der Waals surface area contributed by atoms with E-state index >= 15 is 0 Å². The minimum absolute atomic E-state index is 0.115. The van der Waals surface area contributed by atoms with Crippen molar-refractivity contribution in [2.75, 3.05) is 19.8 Å². The molecule has 0 fully saturated rings. The molecule has 186 valence electrons. The fraction of sp³-hybridized carbons (Fsp3) is 0.348. The van der Waals surface area contributed by atoms with Crippen molar-refractivity contribution in [3.8, 4) is 0 Å². The summed E-state index contributed by atoms with van der Waals surface area (Å²) in [4.78, 5) is 59.3. The molecule has 0 spiro atoms. The third-order valence-corrected chi connectivity index (χ3v) is 4.09. The summed E-state index contributed by atoms with van der Waals surface area (Å²) in [5.41, 5.74) is 0. The summed E-state index contributed by atoms with van der Waals surface area (Å²) in [7, 11) is 0. The zero-order valence-corrected chi connectivity index (χ0v) is 18.6. The van der Waals surface area contributed by atoms with Crippen LogP contribution in [0.2, 0.25) is 0 Å². The summed E-state index contributed by atoms with van der Waals surface area (Å²) >= 11 is 0. The molecule has 11 heteroatoms. The first kappa shape index (κ1) is 30.0. The highest BCUT2D eigenvalue weighted by molar-refractivity contribution is 5.83. The Labute approximate surface area is 196 Å². The molecule has 0 rings (SSSR count). The van der Waals surface area contributed by atoms with E-state index in [1.54, 1.807) is 0 Å². The fourth-order valence-electron chi connectivity index (χ4n) is 2.52. The molecular formula is C23H28O11. The van der Waals surface area contributed by atoms with Gasteiger partial charge in [-0.25, -0.2) is 24.0 Å². The minimum Gasteiger partial charge on any atom is -0.462 e. The smallest absolute Gasteiger partial charge is 0.330 e. The van der Waals surface area contributed by atoms with E-state index in [2.05, 4.69) is 32.9 Å². The van der Waals surface area contributed by atoms with Crippen LogP contribution in [0.5, 0.6) is 0 Å². The number of carbonyl (C=O) groups excluding carboxylic acids is 5. The van der Waals surface area contributed by atoms with Gasteiger partial charge in [-0.1, -0.05) is 32.9 Å². The van der Waals surface area contributed by atoms with Crippen molar-refractivity contribution >= 4 is 29.8 Å². The number of rotatable bonds is 17. The zero-order chi connectivity index (χ0) is 26.1. The van der Waals surface area contributed by atoms with Crippen molar-refractivity contribution in [3.63, 3.8) is 0 Å². The maximum atomic E-state index is 12.1. The van der Waals surface area contributed by atoms with Crippen molar-refractivity contribution < 1.29 is 52.8 Å². The third-order valence-electron chi connectivity index (χ3n) is 4.09. The number of carbonyl (C=O) groups is 5. The lowest BCUT2D eigenvalue weighted by Crippen LogP contribution is -2.51. The molecule has 0 aromatic heterocycles. The second-order valence-electron chi connectivity index (χ2n) is 6.33. The van der Waals surface area contributed by atoms with E-state index in [1.165, 1.54) is 0 Å². The summed E-state index contributed by atoms with van der Waals surface area (Å²) in [5, 5.41) is 9.52. The van der Waals surface area contributed by atoms with Gasteiger partial charge in [0.2, 0.25) is 0 Å². The molecule has 0 aromatic rings. The molecule has 0 bridgehead atoms. The lowest BCUT2D eigenvalue weighted by atomic mass is 9.92. The van der Waals surface area contributed by atoms with Crippen LogP contribution in [-0.2, 0) is 47.7 Å². The molecule has 4 unspecified atom stereocenters. The predicted octanol–water partition coefficient (Wildman–Crippen LogP) is 0.737. The summed E-state index contributed by atoms with van der Waals surface area (Å²) in [6.07, 6.45) is -0.605. The Morgan fingerprint density at radius 2 is 1.03 bits per heavy atom. The highest BCUT2D eigenvalue weighted by Gasteiger charge is 2.43. The standard InChI is InChI=1S/C23H28O11/c1-6-17(25)30-13-15(11-12-24)22(33-20(28)9-4)23(34-21(29)10-5)16(32-19(27)8-3)14-31-18(26)7-2/h6-10,15-16,22-24H,1-5,11-14H2. The molecule has 1 N–H and O–H groups in total. The van der Waals surface area contributed by atoms with Crippen molar-refractivity contribution in [1.29, 1.82) is 0 Å². The molecule has 0 aliphatic carbocycles. The number of ether oxygens (including phenoxy) is 5. The van der Waals surface area contributed by atoms with Crippen LogP contribution in [0.15, 0.2) is 63.3 Å². The lowest BCUT2D eigenvalue weighted by Gasteiger charge is -2.35. The van der Waals surface area contributed by atoms with Crippen LogP contribution in [0.4, 0.5) is 0 Å². The van der Waals surface area contributed by atoms with Gasteiger partial charge in [0, 0.05) is 42.9 Å². The van der Waals surface area contributed by atoms with Gasteiger partial charge in [-0.2, -0.15) is 0 Å². The molecular weight excluding hydrogens is 452 g/mol. The molecule has 0 saturated carbocycles. The highest BCUT2D eigenvalue weighted by atomic mass is 16.6. The summed E-state index contributed by atoms with van der Waals surface area (Å²) < 4.78 is 25.8. The topological polar surface area (TPSA) is 152 Å². The quantitative estimate of drug-likeness (QED) is 0.178. The van der Waals surface area contributed by atoms with E-state index in [4.69, 9.17) is 23.7 Å². The Morgan fingerprint density at radius 3 is 1.47 bits per heavy atom. The van der Waals surface area contributed by atoms with Crippen LogP contribution in [0.1, 0.15) is 6.42 Å². The molecule has 0 aliphatic rings. The average molecular weight is 480 g/mol. The van der Waals surface area contributed by atoms with Crippen LogP contribution >= 0.6 is 0 Å². The summed E-state index contributed by atoms with van der Waals surface area (Å²) in [6, 6.07) is 0. The van der Waals surface area contributed by atoms with Crippen molar-refractivity contribution in [3.05, 3.63) is 63.3 Å². The molecule has 4 atom stereocenters. The largest absolute Gasteiger partial charge is 0.462 e. The highest BCUT2D eigenvalue weighted by Crippen LogP contribution is 2.24. The monoisotopic (exact) mass is 480 g/mol. The SMILES string of the molecule is C=CC(=O)OCC(CCO)C(OC(=O)C=C)C(OC(=O)C=C)C(COC(=O)C=C)OC(=O)C=C. The first-order chi connectivity index (χ1) is 16.2. The molecule has 0 aliphatic heterocycles. The molecule has 0 radical (unpaired) electrons. The molecule has 0 heterocycles. The van der Waals surface area contributed by atoms with Gasteiger partial charge in [-0.3, -0.25) is 0 Å². The molecule has 0 saturated heterocycles. The number of hydrogen-bond acceptors (Lipinski definition) is 11. The Hall–Kier alpha value is -3.99. The maximum Gasteiger partial charge on any atom is 0.330 e. The molecule has 34 heavy (non-hydrogen) atoms. The first-order valence-corrected chi connectivity index (χ1v) is 9.85. The van der Waals surface area contributed by atoms with E-state index < -0.39 is 73.9 Å². The van der Waals surface area contributed by atoms with E-state index in [9.17, 15) is 29.1 Å². The summed E-state index contributed by atoms with van der Waals surface area (Å²) in [6.45, 7) is 14.8. The van der Waals surface area contributed by atoms with E-state index in [1.807, 2.05) is 0 Å². The first-order valence-electron chi connectivity index (χ1n) is 9.85. The van der Waals surface area contributed by atoms with Crippen LogP contribution in [0, 0.1) is 5.92 Å². The lowest BCUT2D eigenvalue weighted by molar-refractivity contribution is -0.192. The number of aliphatic hydroxyl groups is 1.